The lowest BCUT2D eigenvalue weighted by Crippen LogP contribution is -2.50. The summed E-state index contributed by atoms with van der Waals surface area (Å²) in [4.78, 5) is 10.5. The first-order chi connectivity index (χ1) is 5.55. The van der Waals surface area contributed by atoms with Crippen LogP contribution in [0.5, 0.6) is 0 Å². The smallest absolute Gasteiger partial charge is 0.317 e. The number of carbonyl (C=O) groups is 1. The van der Waals surface area contributed by atoms with Crippen LogP contribution < -0.4 is 0 Å². The maximum absolute atomic E-state index is 10.5. The summed E-state index contributed by atoms with van der Waals surface area (Å²) in [5.74, 6) is -1.55. The van der Waals surface area contributed by atoms with Crippen molar-refractivity contribution in [3.8, 4) is 0 Å². The van der Waals surface area contributed by atoms with Gasteiger partial charge in [0.05, 0.1) is 25.9 Å². The van der Waals surface area contributed by atoms with Crippen LogP contribution in [0.1, 0.15) is 0 Å². The molecule has 0 fully saturated rings. The molecule has 72 valence electrons. The fraction of sp³-hybridized carbons (Fsp3) is 0.833. The van der Waals surface area contributed by atoms with Crippen LogP contribution in [0.25, 0.3) is 0 Å². The topological polar surface area (TPSA) is 118 Å². The van der Waals surface area contributed by atoms with Crippen LogP contribution in [0, 0.1) is 5.41 Å². The molecule has 0 aromatic carbocycles. The Kier molecular flexibility index (Phi) is 4.11. The van der Waals surface area contributed by atoms with Gasteiger partial charge in [-0.1, -0.05) is 0 Å². The van der Waals surface area contributed by atoms with E-state index in [1.807, 2.05) is 0 Å². The standard InChI is InChI=1S/C6H12O6/c7-1-4(10)6(2-8,3-9)5(11)12/h4,7-10H,1-3H2,(H,11,12). The molecule has 0 spiro atoms. The number of carboxylic acid groups (broad SMARTS) is 1. The Morgan fingerprint density at radius 1 is 1.25 bits per heavy atom. The molecule has 6 heteroatoms. The molecule has 0 rings (SSSR count). The van der Waals surface area contributed by atoms with Gasteiger partial charge in [0, 0.05) is 0 Å². The summed E-state index contributed by atoms with van der Waals surface area (Å²) in [5, 5.41) is 43.2. The Labute approximate surface area is 68.7 Å². The Hall–Kier alpha value is -0.690. The number of rotatable bonds is 5. The van der Waals surface area contributed by atoms with Crippen molar-refractivity contribution in [3.05, 3.63) is 0 Å². The highest BCUT2D eigenvalue weighted by atomic mass is 16.4. The molecule has 0 heterocycles. The molecule has 0 aromatic heterocycles. The molecular weight excluding hydrogens is 168 g/mol. The van der Waals surface area contributed by atoms with E-state index in [1.54, 1.807) is 0 Å². The lowest BCUT2D eigenvalue weighted by Gasteiger charge is -2.28. The summed E-state index contributed by atoms with van der Waals surface area (Å²) in [7, 11) is 0. The highest BCUT2D eigenvalue weighted by molar-refractivity contribution is 5.75. The summed E-state index contributed by atoms with van der Waals surface area (Å²) in [6, 6.07) is 0. The van der Waals surface area contributed by atoms with Crippen molar-refractivity contribution >= 4 is 5.97 Å². The van der Waals surface area contributed by atoms with Gasteiger partial charge in [0.25, 0.3) is 0 Å². The van der Waals surface area contributed by atoms with E-state index in [1.165, 1.54) is 0 Å². The normalized spacial score (nSPS) is 14.3. The molecule has 6 nitrogen and oxygen atoms in total. The minimum Gasteiger partial charge on any atom is -0.481 e. The minimum absolute atomic E-state index is 0.826. The first kappa shape index (κ1) is 11.3. The first-order valence-corrected chi connectivity index (χ1v) is 3.29. The second kappa shape index (κ2) is 4.36. The SMILES string of the molecule is O=C(O)C(CO)(CO)C(O)CO. The molecule has 0 amide bonds. The second-order valence-corrected chi connectivity index (χ2v) is 2.48. The Morgan fingerprint density at radius 3 is 1.75 bits per heavy atom. The fourth-order valence-corrected chi connectivity index (χ4v) is 0.713. The predicted molar refractivity (Wildman–Crippen MR) is 37.3 cm³/mol. The van der Waals surface area contributed by atoms with Gasteiger partial charge in [-0.2, -0.15) is 0 Å². The molecule has 5 N–H and O–H groups in total. The summed E-state index contributed by atoms with van der Waals surface area (Å²) in [6.07, 6.45) is -1.68. The molecule has 1 unspecified atom stereocenters. The van der Waals surface area contributed by atoms with Crippen molar-refractivity contribution in [1.82, 2.24) is 0 Å². The average molecular weight is 180 g/mol. The van der Waals surface area contributed by atoms with Gasteiger partial charge in [-0.05, 0) is 0 Å². The molecule has 0 saturated carbocycles. The van der Waals surface area contributed by atoms with Crippen LogP contribution in [-0.2, 0) is 4.79 Å². The van der Waals surface area contributed by atoms with Crippen LogP contribution in [0.15, 0.2) is 0 Å². The maximum Gasteiger partial charge on any atom is 0.317 e. The number of hydrogen-bond acceptors (Lipinski definition) is 5. The minimum atomic E-state index is -2.07. The molecular formula is C6H12O6. The lowest BCUT2D eigenvalue weighted by atomic mass is 9.84. The largest absolute Gasteiger partial charge is 0.481 e. The molecule has 1 atom stereocenters. The van der Waals surface area contributed by atoms with Crippen LogP contribution in [0.2, 0.25) is 0 Å². The van der Waals surface area contributed by atoms with Crippen LogP contribution >= 0.6 is 0 Å². The van der Waals surface area contributed by atoms with Crippen LogP contribution in [0.3, 0.4) is 0 Å². The summed E-state index contributed by atoms with van der Waals surface area (Å²) in [5.41, 5.74) is -2.07. The summed E-state index contributed by atoms with van der Waals surface area (Å²) in [6.45, 7) is -2.69. The summed E-state index contributed by atoms with van der Waals surface area (Å²) >= 11 is 0. The van der Waals surface area contributed by atoms with Crippen molar-refractivity contribution in [2.24, 2.45) is 5.41 Å². The monoisotopic (exact) mass is 180 g/mol. The number of aliphatic hydroxyl groups excluding tert-OH is 4. The van der Waals surface area contributed by atoms with E-state index in [0.717, 1.165) is 0 Å². The zero-order valence-electron chi connectivity index (χ0n) is 6.34. The van der Waals surface area contributed by atoms with E-state index in [-0.39, 0.29) is 0 Å². The molecule has 0 radical (unpaired) electrons. The molecule has 0 aliphatic heterocycles. The second-order valence-electron chi connectivity index (χ2n) is 2.48. The van der Waals surface area contributed by atoms with E-state index >= 15 is 0 Å². The van der Waals surface area contributed by atoms with Gasteiger partial charge >= 0.3 is 5.97 Å². The van der Waals surface area contributed by atoms with Gasteiger partial charge in [-0.15, -0.1) is 0 Å². The van der Waals surface area contributed by atoms with E-state index in [4.69, 9.17) is 25.5 Å². The van der Waals surface area contributed by atoms with Gasteiger partial charge < -0.3 is 25.5 Å². The third-order valence-corrected chi connectivity index (χ3v) is 1.80. The zero-order chi connectivity index (χ0) is 9.78. The van der Waals surface area contributed by atoms with Gasteiger partial charge in [0.15, 0.2) is 0 Å². The van der Waals surface area contributed by atoms with Gasteiger partial charge in [0.2, 0.25) is 0 Å². The predicted octanol–water partition coefficient (Wildman–Crippen LogP) is -2.60. The zero-order valence-corrected chi connectivity index (χ0v) is 6.34. The lowest BCUT2D eigenvalue weighted by molar-refractivity contribution is -0.168. The highest BCUT2D eigenvalue weighted by Gasteiger charge is 2.44. The third-order valence-electron chi connectivity index (χ3n) is 1.80. The molecule has 0 aliphatic carbocycles. The van der Waals surface area contributed by atoms with Crippen LogP contribution in [-0.4, -0.2) is 57.4 Å². The molecule has 0 bridgehead atoms. The van der Waals surface area contributed by atoms with Crippen molar-refractivity contribution in [2.45, 2.75) is 6.10 Å². The Bertz CT molecular complexity index is 152. The highest BCUT2D eigenvalue weighted by Crippen LogP contribution is 2.21. The van der Waals surface area contributed by atoms with Gasteiger partial charge in [-0.3, -0.25) is 4.79 Å². The Balaban J connectivity index is 4.68. The van der Waals surface area contributed by atoms with Crippen molar-refractivity contribution in [2.75, 3.05) is 19.8 Å². The summed E-state index contributed by atoms with van der Waals surface area (Å²) < 4.78 is 0. The van der Waals surface area contributed by atoms with Crippen molar-refractivity contribution < 1.29 is 30.3 Å². The van der Waals surface area contributed by atoms with Crippen molar-refractivity contribution in [3.63, 3.8) is 0 Å². The number of hydrogen-bond donors (Lipinski definition) is 5. The third kappa shape index (κ3) is 1.72. The molecule has 12 heavy (non-hydrogen) atoms. The Morgan fingerprint density at radius 2 is 1.67 bits per heavy atom. The number of aliphatic hydroxyl groups is 4. The van der Waals surface area contributed by atoms with E-state index in [2.05, 4.69) is 0 Å². The maximum atomic E-state index is 10.5. The first-order valence-electron chi connectivity index (χ1n) is 3.29. The molecule has 0 aromatic rings. The quantitative estimate of drug-likeness (QED) is 0.316. The fourth-order valence-electron chi connectivity index (χ4n) is 0.713. The van der Waals surface area contributed by atoms with E-state index in [0.29, 0.717) is 0 Å². The van der Waals surface area contributed by atoms with Gasteiger partial charge in [-0.25, -0.2) is 0 Å². The molecule has 0 aliphatic rings. The molecule has 0 saturated heterocycles. The number of aliphatic carboxylic acids is 1. The van der Waals surface area contributed by atoms with Crippen LogP contribution in [0.4, 0.5) is 0 Å². The van der Waals surface area contributed by atoms with Crippen molar-refractivity contribution in [1.29, 1.82) is 0 Å². The van der Waals surface area contributed by atoms with E-state index < -0.39 is 37.3 Å². The number of carboxylic acids is 1. The van der Waals surface area contributed by atoms with E-state index in [9.17, 15) is 4.79 Å². The van der Waals surface area contributed by atoms with Gasteiger partial charge in [0.1, 0.15) is 5.41 Å². The average Bonchev–Trinajstić information content (AvgIpc) is 2.06.